The summed E-state index contributed by atoms with van der Waals surface area (Å²) in [5, 5.41) is 0. The first-order valence-corrected chi connectivity index (χ1v) is 3.41. The molecule has 0 heterocycles. The molecule has 0 bridgehead atoms. The Morgan fingerprint density at radius 3 is 2.09 bits per heavy atom. The van der Waals surface area contributed by atoms with E-state index in [1.54, 1.807) is 13.8 Å². The second-order valence-electron chi connectivity index (χ2n) is 2.51. The predicted octanol–water partition coefficient (Wildman–Crippen LogP) is 0.0594. The molecule has 2 N–H and O–H groups in total. The van der Waals surface area contributed by atoms with Gasteiger partial charge in [-0.05, 0) is 6.92 Å². The molecule has 0 aliphatic carbocycles. The molecule has 0 aromatic heterocycles. The van der Waals surface area contributed by atoms with E-state index in [1.165, 1.54) is 6.92 Å². The molecule has 2 atom stereocenters. The van der Waals surface area contributed by atoms with Crippen molar-refractivity contribution < 1.29 is 14.3 Å². The van der Waals surface area contributed by atoms with Crippen molar-refractivity contribution in [1.82, 2.24) is 0 Å². The van der Waals surface area contributed by atoms with Crippen molar-refractivity contribution in [2.45, 2.75) is 26.9 Å². The molecule has 0 spiro atoms. The molecule has 0 radical (unpaired) electrons. The van der Waals surface area contributed by atoms with E-state index in [1.807, 2.05) is 0 Å². The second kappa shape index (κ2) is 3.95. The molecular weight excluding hydrogens is 146 g/mol. The van der Waals surface area contributed by atoms with Crippen LogP contribution in [0.5, 0.6) is 0 Å². The van der Waals surface area contributed by atoms with Gasteiger partial charge in [-0.2, -0.15) is 0 Å². The summed E-state index contributed by atoms with van der Waals surface area (Å²) in [5.41, 5.74) is 4.98. The Morgan fingerprint density at radius 2 is 1.82 bits per heavy atom. The van der Waals surface area contributed by atoms with Crippen LogP contribution in [-0.2, 0) is 14.3 Å². The van der Waals surface area contributed by atoms with Crippen LogP contribution in [0.25, 0.3) is 0 Å². The zero-order valence-electron chi connectivity index (χ0n) is 6.96. The molecule has 0 aliphatic rings. The molecule has 0 saturated heterocycles. The highest BCUT2D eigenvalue weighted by Crippen LogP contribution is 2.05. The van der Waals surface area contributed by atoms with Gasteiger partial charge in [-0.3, -0.25) is 9.59 Å². The molecule has 0 fully saturated rings. The lowest BCUT2D eigenvalue weighted by atomic mass is 10.1. The number of carbonyl (C=O) groups is 2. The minimum atomic E-state index is -0.459. The third-order valence-corrected chi connectivity index (χ3v) is 1.50. The van der Waals surface area contributed by atoms with Crippen LogP contribution >= 0.6 is 0 Å². The maximum Gasteiger partial charge on any atom is 0.302 e. The number of hydrogen-bond donors (Lipinski definition) is 1. The third-order valence-electron chi connectivity index (χ3n) is 1.50. The number of ether oxygens (including phenoxy) is 1. The maximum absolute atomic E-state index is 10.6. The lowest BCUT2D eigenvalue weighted by molar-refractivity contribution is -0.149. The highest BCUT2D eigenvalue weighted by Gasteiger charge is 2.19. The van der Waals surface area contributed by atoms with E-state index in [0.29, 0.717) is 0 Å². The Labute approximate surface area is 65.7 Å². The van der Waals surface area contributed by atoms with Gasteiger partial charge in [0.15, 0.2) is 0 Å². The minimum Gasteiger partial charge on any atom is -0.462 e. The summed E-state index contributed by atoms with van der Waals surface area (Å²) in [6.07, 6.45) is -0.440. The predicted molar refractivity (Wildman–Crippen MR) is 39.6 cm³/mol. The third kappa shape index (κ3) is 3.60. The summed E-state index contributed by atoms with van der Waals surface area (Å²) in [6, 6.07) is 0. The Hall–Kier alpha value is -1.06. The van der Waals surface area contributed by atoms with Gasteiger partial charge in [0.25, 0.3) is 0 Å². The number of hydrogen-bond acceptors (Lipinski definition) is 3. The molecular formula is C7H13NO3. The van der Waals surface area contributed by atoms with Crippen molar-refractivity contribution in [3.05, 3.63) is 0 Å². The summed E-state index contributed by atoms with van der Waals surface area (Å²) in [6.45, 7) is 4.55. The standard InChI is InChI=1S/C7H13NO3/c1-4(7(8)10)5(2)11-6(3)9/h4-5H,1-3H3,(H2,8,10)/t4-,5+/m0/s1. The van der Waals surface area contributed by atoms with E-state index in [9.17, 15) is 9.59 Å². The van der Waals surface area contributed by atoms with Gasteiger partial charge >= 0.3 is 5.97 Å². The summed E-state index contributed by atoms with van der Waals surface area (Å²) < 4.78 is 4.73. The van der Waals surface area contributed by atoms with E-state index in [-0.39, 0.29) is 0 Å². The van der Waals surface area contributed by atoms with Crippen molar-refractivity contribution in [2.24, 2.45) is 11.7 Å². The average Bonchev–Trinajstić information content (AvgIpc) is 1.84. The van der Waals surface area contributed by atoms with Crippen molar-refractivity contribution in [1.29, 1.82) is 0 Å². The van der Waals surface area contributed by atoms with E-state index < -0.39 is 23.9 Å². The number of amides is 1. The molecule has 0 unspecified atom stereocenters. The van der Waals surface area contributed by atoms with Gasteiger partial charge in [0, 0.05) is 6.92 Å². The molecule has 4 nitrogen and oxygen atoms in total. The molecule has 1 amide bonds. The highest BCUT2D eigenvalue weighted by atomic mass is 16.5. The number of nitrogens with two attached hydrogens (primary N) is 1. The molecule has 0 aliphatic heterocycles. The van der Waals surface area contributed by atoms with Crippen LogP contribution in [0, 0.1) is 5.92 Å². The quantitative estimate of drug-likeness (QED) is 0.592. The van der Waals surface area contributed by atoms with Crippen molar-refractivity contribution in [3.8, 4) is 0 Å². The normalized spacial score (nSPS) is 15.2. The Kier molecular flexibility index (Phi) is 3.57. The van der Waals surface area contributed by atoms with Crippen LogP contribution in [0.3, 0.4) is 0 Å². The van der Waals surface area contributed by atoms with E-state index in [0.717, 1.165) is 0 Å². The molecule has 4 heteroatoms. The number of carbonyl (C=O) groups excluding carboxylic acids is 2. The Balaban J connectivity index is 3.92. The van der Waals surface area contributed by atoms with E-state index in [4.69, 9.17) is 10.5 Å². The van der Waals surface area contributed by atoms with Crippen LogP contribution in [-0.4, -0.2) is 18.0 Å². The lowest BCUT2D eigenvalue weighted by Crippen LogP contribution is -2.32. The van der Waals surface area contributed by atoms with Crippen molar-refractivity contribution >= 4 is 11.9 Å². The number of rotatable bonds is 3. The summed E-state index contributed by atoms with van der Waals surface area (Å²) in [5.74, 6) is -1.29. The van der Waals surface area contributed by atoms with Crippen LogP contribution in [0.1, 0.15) is 20.8 Å². The molecule has 0 aromatic rings. The van der Waals surface area contributed by atoms with Crippen molar-refractivity contribution in [2.75, 3.05) is 0 Å². The van der Waals surface area contributed by atoms with Gasteiger partial charge in [-0.1, -0.05) is 6.92 Å². The fourth-order valence-electron chi connectivity index (χ4n) is 0.595. The number of esters is 1. The monoisotopic (exact) mass is 159 g/mol. The number of primary amides is 1. The highest BCUT2D eigenvalue weighted by molar-refractivity contribution is 5.77. The largest absolute Gasteiger partial charge is 0.462 e. The van der Waals surface area contributed by atoms with Gasteiger partial charge in [0.1, 0.15) is 6.10 Å². The van der Waals surface area contributed by atoms with Gasteiger partial charge < -0.3 is 10.5 Å². The smallest absolute Gasteiger partial charge is 0.302 e. The Bertz CT molecular complexity index is 167. The minimum absolute atomic E-state index is 0.398. The molecule has 0 aromatic carbocycles. The summed E-state index contributed by atoms with van der Waals surface area (Å²) in [4.78, 5) is 21.0. The van der Waals surface area contributed by atoms with Crippen LogP contribution in [0.15, 0.2) is 0 Å². The topological polar surface area (TPSA) is 69.4 Å². The fourth-order valence-corrected chi connectivity index (χ4v) is 0.595. The molecule has 0 saturated carbocycles. The SMILES string of the molecule is CC(=O)O[C@H](C)[C@H](C)C(N)=O. The molecule has 64 valence electrons. The maximum atomic E-state index is 10.6. The van der Waals surface area contributed by atoms with Crippen LogP contribution in [0.2, 0.25) is 0 Å². The second-order valence-corrected chi connectivity index (χ2v) is 2.51. The fraction of sp³-hybridized carbons (Fsp3) is 0.714. The van der Waals surface area contributed by atoms with Gasteiger partial charge in [-0.25, -0.2) is 0 Å². The van der Waals surface area contributed by atoms with E-state index >= 15 is 0 Å². The van der Waals surface area contributed by atoms with Crippen LogP contribution in [0.4, 0.5) is 0 Å². The zero-order chi connectivity index (χ0) is 9.02. The van der Waals surface area contributed by atoms with Crippen LogP contribution < -0.4 is 5.73 Å². The van der Waals surface area contributed by atoms with Crippen molar-refractivity contribution in [3.63, 3.8) is 0 Å². The first-order valence-electron chi connectivity index (χ1n) is 3.41. The Morgan fingerprint density at radius 1 is 1.36 bits per heavy atom. The first kappa shape index (κ1) is 9.94. The van der Waals surface area contributed by atoms with Gasteiger partial charge in [0.05, 0.1) is 5.92 Å². The van der Waals surface area contributed by atoms with E-state index in [2.05, 4.69) is 0 Å². The zero-order valence-corrected chi connectivity index (χ0v) is 6.96. The lowest BCUT2D eigenvalue weighted by Gasteiger charge is -2.15. The van der Waals surface area contributed by atoms with Gasteiger partial charge in [0.2, 0.25) is 5.91 Å². The van der Waals surface area contributed by atoms with Gasteiger partial charge in [-0.15, -0.1) is 0 Å². The molecule has 0 rings (SSSR count). The average molecular weight is 159 g/mol. The summed E-state index contributed by atoms with van der Waals surface area (Å²) >= 11 is 0. The molecule has 11 heavy (non-hydrogen) atoms. The summed E-state index contributed by atoms with van der Waals surface area (Å²) in [7, 11) is 0. The first-order chi connectivity index (χ1) is 4.95.